The molecule has 2 amide bonds. The molecular weight excluding hydrogens is 360 g/mol. The molecule has 7 heteroatoms. The Hall–Kier alpha value is -3.32. The maximum atomic E-state index is 13.3. The zero-order valence-corrected chi connectivity index (χ0v) is 15.0. The first-order valence-electron chi connectivity index (χ1n) is 9.07. The van der Waals surface area contributed by atoms with Gasteiger partial charge in [0.05, 0.1) is 16.2 Å². The number of anilines is 1. The van der Waals surface area contributed by atoms with E-state index in [2.05, 4.69) is 0 Å². The molecule has 1 unspecified atom stereocenters. The van der Waals surface area contributed by atoms with E-state index in [1.807, 2.05) is 6.07 Å². The van der Waals surface area contributed by atoms with Gasteiger partial charge in [0.15, 0.2) is 5.60 Å². The summed E-state index contributed by atoms with van der Waals surface area (Å²) in [6, 6.07) is 14.6. The molecule has 2 heterocycles. The number of non-ortho nitro benzene ring substituents is 1. The molecule has 28 heavy (non-hydrogen) atoms. The number of hydrogen-bond donors (Lipinski definition) is 0. The minimum absolute atomic E-state index is 0.0366. The van der Waals surface area contributed by atoms with Gasteiger partial charge in [0.2, 0.25) is 0 Å². The first-order chi connectivity index (χ1) is 13.5. The van der Waals surface area contributed by atoms with E-state index in [1.54, 1.807) is 42.5 Å². The number of nitro groups is 1. The lowest BCUT2D eigenvalue weighted by atomic mass is 9.86. The minimum Gasteiger partial charge on any atom is -0.360 e. The predicted molar refractivity (Wildman–Crippen MR) is 103 cm³/mol. The van der Waals surface area contributed by atoms with Crippen molar-refractivity contribution in [3.8, 4) is 0 Å². The highest BCUT2D eigenvalue weighted by atomic mass is 16.6. The van der Waals surface area contributed by atoms with E-state index >= 15 is 0 Å². The number of rotatable bonds is 3. The number of para-hydroxylation sites is 1. The molecule has 0 radical (unpaired) electrons. The average molecular weight is 378 g/mol. The second-order valence-electron chi connectivity index (χ2n) is 6.82. The number of ether oxygens (including phenoxy) is 1. The molecule has 2 fully saturated rings. The van der Waals surface area contributed by atoms with Crippen LogP contribution in [0, 0.1) is 10.1 Å². The van der Waals surface area contributed by atoms with E-state index in [0.29, 0.717) is 24.3 Å². The van der Waals surface area contributed by atoms with Gasteiger partial charge in [-0.15, -0.1) is 0 Å². The molecule has 4 rings (SSSR count). The number of carbonyl (C=O) groups is 2. The Morgan fingerprint density at radius 2 is 1.75 bits per heavy atom. The largest absolute Gasteiger partial charge is 0.360 e. The zero-order chi connectivity index (χ0) is 19.7. The summed E-state index contributed by atoms with van der Waals surface area (Å²) in [4.78, 5) is 38.1. The molecule has 2 aromatic carbocycles. The second kappa shape index (κ2) is 7.01. The fraction of sp³-hybridized carbons (Fsp3) is 0.238. The van der Waals surface area contributed by atoms with Crippen LogP contribution in [0.5, 0.6) is 0 Å². The van der Waals surface area contributed by atoms with Crippen LogP contribution in [-0.2, 0) is 14.3 Å². The second-order valence-corrected chi connectivity index (χ2v) is 6.82. The van der Waals surface area contributed by atoms with Crippen LogP contribution < -0.4 is 4.90 Å². The summed E-state index contributed by atoms with van der Waals surface area (Å²) >= 11 is 0. The average Bonchev–Trinajstić information content (AvgIpc) is 2.91. The molecule has 142 valence electrons. The highest BCUT2D eigenvalue weighted by Crippen LogP contribution is 2.42. The Bertz CT molecular complexity index is 960. The van der Waals surface area contributed by atoms with Crippen LogP contribution >= 0.6 is 0 Å². The maximum absolute atomic E-state index is 13.3. The van der Waals surface area contributed by atoms with Crippen LogP contribution in [0.25, 0.3) is 6.08 Å². The summed E-state index contributed by atoms with van der Waals surface area (Å²) in [5.74, 6) is -0.798. The molecule has 2 aliphatic heterocycles. The highest BCUT2D eigenvalue weighted by Gasteiger charge is 2.57. The van der Waals surface area contributed by atoms with Crippen molar-refractivity contribution < 1.29 is 19.2 Å². The quantitative estimate of drug-likeness (QED) is 0.353. The minimum atomic E-state index is -1.30. The van der Waals surface area contributed by atoms with Crippen LogP contribution in [0.1, 0.15) is 24.8 Å². The molecule has 0 saturated carbocycles. The van der Waals surface area contributed by atoms with Gasteiger partial charge in [-0.05, 0) is 55.2 Å². The molecule has 0 aromatic heterocycles. The molecule has 1 spiro atoms. The van der Waals surface area contributed by atoms with E-state index in [1.165, 1.54) is 17.0 Å². The van der Waals surface area contributed by atoms with Gasteiger partial charge in [-0.1, -0.05) is 18.2 Å². The number of imide groups is 1. The Kier molecular flexibility index (Phi) is 4.52. The molecule has 0 bridgehead atoms. The summed E-state index contributed by atoms with van der Waals surface area (Å²) in [7, 11) is 0. The van der Waals surface area contributed by atoms with Gasteiger partial charge in [-0.25, -0.2) is 4.90 Å². The van der Waals surface area contributed by atoms with Gasteiger partial charge in [-0.3, -0.25) is 19.7 Å². The van der Waals surface area contributed by atoms with Crippen molar-refractivity contribution in [2.45, 2.75) is 24.9 Å². The van der Waals surface area contributed by atoms with E-state index in [4.69, 9.17) is 4.74 Å². The number of benzene rings is 2. The maximum Gasteiger partial charge on any atom is 0.271 e. The summed E-state index contributed by atoms with van der Waals surface area (Å²) in [6.07, 6.45) is 3.65. The van der Waals surface area contributed by atoms with E-state index < -0.39 is 16.4 Å². The summed E-state index contributed by atoms with van der Waals surface area (Å²) in [5.41, 5.74) is 0.0382. The first kappa shape index (κ1) is 18.1. The van der Waals surface area contributed by atoms with Gasteiger partial charge < -0.3 is 4.74 Å². The zero-order valence-electron chi connectivity index (χ0n) is 15.0. The van der Waals surface area contributed by atoms with Gasteiger partial charge in [-0.2, -0.15) is 0 Å². The lowest BCUT2D eigenvalue weighted by Gasteiger charge is -2.32. The third kappa shape index (κ3) is 2.90. The number of amides is 2. The molecule has 7 nitrogen and oxygen atoms in total. The third-order valence-electron chi connectivity index (χ3n) is 5.12. The molecular formula is C21H18N2O5. The van der Waals surface area contributed by atoms with Crippen molar-refractivity contribution in [2.24, 2.45) is 0 Å². The highest BCUT2D eigenvalue weighted by molar-refractivity contribution is 6.33. The van der Waals surface area contributed by atoms with Gasteiger partial charge >= 0.3 is 0 Å². The standard InChI is InChI=1S/C21H18N2O5/c24-19-18(14-15-8-10-17(11-9-15)23(26)27)21(12-4-5-13-28-21)20(25)22(19)16-6-2-1-3-7-16/h1-3,6-11,14H,4-5,12-13H2. The van der Waals surface area contributed by atoms with Crippen molar-refractivity contribution in [2.75, 3.05) is 11.5 Å². The van der Waals surface area contributed by atoms with E-state index in [-0.39, 0.29) is 17.2 Å². The monoisotopic (exact) mass is 378 g/mol. The first-order valence-corrected chi connectivity index (χ1v) is 9.07. The normalized spacial score (nSPS) is 23.6. The van der Waals surface area contributed by atoms with Crippen molar-refractivity contribution in [1.82, 2.24) is 0 Å². The van der Waals surface area contributed by atoms with Crippen LogP contribution in [0.2, 0.25) is 0 Å². The summed E-state index contributed by atoms with van der Waals surface area (Å²) < 4.78 is 5.92. The molecule has 2 aliphatic rings. The molecule has 2 saturated heterocycles. The van der Waals surface area contributed by atoms with E-state index in [9.17, 15) is 19.7 Å². The van der Waals surface area contributed by atoms with Gasteiger partial charge in [0, 0.05) is 18.7 Å². The fourth-order valence-corrected chi connectivity index (χ4v) is 3.71. The smallest absolute Gasteiger partial charge is 0.271 e. The van der Waals surface area contributed by atoms with Gasteiger partial charge in [0.25, 0.3) is 17.5 Å². The molecule has 0 aliphatic carbocycles. The molecule has 1 atom stereocenters. The summed E-state index contributed by atoms with van der Waals surface area (Å²) in [6.45, 7) is 0.402. The van der Waals surface area contributed by atoms with Crippen LogP contribution in [0.15, 0.2) is 60.2 Å². The van der Waals surface area contributed by atoms with Crippen LogP contribution in [-0.4, -0.2) is 28.9 Å². The molecule has 2 aromatic rings. The number of nitrogens with zero attached hydrogens (tertiary/aromatic N) is 2. The Morgan fingerprint density at radius 3 is 2.36 bits per heavy atom. The predicted octanol–water partition coefficient (Wildman–Crippen LogP) is 3.49. The Labute approximate surface area is 161 Å². The van der Waals surface area contributed by atoms with E-state index in [0.717, 1.165) is 12.8 Å². The number of nitro benzene ring substituents is 1. The van der Waals surface area contributed by atoms with Crippen molar-refractivity contribution in [1.29, 1.82) is 0 Å². The topological polar surface area (TPSA) is 89.7 Å². The van der Waals surface area contributed by atoms with Crippen LogP contribution in [0.3, 0.4) is 0 Å². The molecule has 0 N–H and O–H groups in total. The van der Waals surface area contributed by atoms with Crippen molar-refractivity contribution in [3.63, 3.8) is 0 Å². The van der Waals surface area contributed by atoms with Gasteiger partial charge in [0.1, 0.15) is 0 Å². The summed E-state index contributed by atoms with van der Waals surface area (Å²) in [5, 5.41) is 10.9. The number of hydrogen-bond acceptors (Lipinski definition) is 5. The SMILES string of the molecule is O=C1C(=Cc2ccc([N+](=O)[O-])cc2)C2(CCCCO2)C(=O)N1c1ccccc1. The lowest BCUT2D eigenvalue weighted by Crippen LogP contribution is -2.45. The van der Waals surface area contributed by atoms with Crippen LogP contribution in [0.4, 0.5) is 11.4 Å². The fourth-order valence-electron chi connectivity index (χ4n) is 3.71. The Morgan fingerprint density at radius 1 is 1.04 bits per heavy atom. The van der Waals surface area contributed by atoms with Crippen molar-refractivity contribution >= 4 is 29.3 Å². The lowest BCUT2D eigenvalue weighted by molar-refractivity contribution is -0.384. The Balaban J connectivity index is 1.79. The number of carbonyl (C=O) groups excluding carboxylic acids is 2. The third-order valence-corrected chi connectivity index (χ3v) is 5.12. The van der Waals surface area contributed by atoms with Crippen molar-refractivity contribution in [3.05, 3.63) is 75.8 Å².